The molecule has 98 valence electrons. The minimum absolute atomic E-state index is 0.260. The van der Waals surface area contributed by atoms with Crippen LogP contribution in [0.4, 0.5) is 9.59 Å². The first kappa shape index (κ1) is 15.0. The Morgan fingerprint density at radius 1 is 1.18 bits per heavy atom. The highest BCUT2D eigenvalue weighted by Gasteiger charge is 2.20. The molecule has 0 bridgehead atoms. The molecule has 0 aromatic rings. The van der Waals surface area contributed by atoms with Gasteiger partial charge in [-0.15, -0.1) is 0 Å². The van der Waals surface area contributed by atoms with Crippen molar-refractivity contribution >= 4 is 18.2 Å². The van der Waals surface area contributed by atoms with E-state index in [2.05, 4.69) is 10.1 Å². The zero-order valence-corrected chi connectivity index (χ0v) is 9.43. The number of esters is 1. The van der Waals surface area contributed by atoms with Crippen molar-refractivity contribution in [3.05, 3.63) is 0 Å². The SMILES string of the molecule is COC(=O)C(CCCCNC(=O)O)NC(=O)O. The summed E-state index contributed by atoms with van der Waals surface area (Å²) < 4.78 is 4.43. The molecule has 0 aliphatic carbocycles. The van der Waals surface area contributed by atoms with Crippen molar-refractivity contribution in [2.45, 2.75) is 25.3 Å². The Hall–Kier alpha value is -1.99. The Morgan fingerprint density at radius 2 is 1.82 bits per heavy atom. The van der Waals surface area contributed by atoms with Gasteiger partial charge in [0.05, 0.1) is 7.11 Å². The standard InChI is InChI=1S/C9H16N2O6/c1-17-7(12)6(11-9(15)16)4-2-3-5-10-8(13)14/h6,10-11H,2-5H2,1H3,(H,13,14)(H,15,16). The molecule has 17 heavy (non-hydrogen) atoms. The van der Waals surface area contributed by atoms with Gasteiger partial charge in [-0.2, -0.15) is 0 Å². The quantitative estimate of drug-likeness (QED) is 0.377. The molecule has 0 saturated heterocycles. The van der Waals surface area contributed by atoms with Crippen molar-refractivity contribution < 1.29 is 29.3 Å². The van der Waals surface area contributed by atoms with Gasteiger partial charge in [0.1, 0.15) is 6.04 Å². The van der Waals surface area contributed by atoms with Crippen LogP contribution in [0.1, 0.15) is 19.3 Å². The molecule has 0 aliphatic rings. The molecule has 0 fully saturated rings. The van der Waals surface area contributed by atoms with E-state index >= 15 is 0 Å². The number of ether oxygens (including phenoxy) is 1. The third-order valence-corrected chi connectivity index (χ3v) is 1.98. The van der Waals surface area contributed by atoms with Gasteiger partial charge in [0.25, 0.3) is 0 Å². The minimum atomic E-state index is -1.30. The van der Waals surface area contributed by atoms with E-state index in [9.17, 15) is 14.4 Å². The van der Waals surface area contributed by atoms with Gasteiger partial charge < -0.3 is 25.6 Å². The normalized spacial score (nSPS) is 11.4. The second kappa shape index (κ2) is 8.20. The largest absolute Gasteiger partial charge is 0.467 e. The lowest BCUT2D eigenvalue weighted by molar-refractivity contribution is -0.143. The third-order valence-electron chi connectivity index (χ3n) is 1.98. The highest BCUT2D eigenvalue weighted by atomic mass is 16.5. The molecular formula is C9H16N2O6. The van der Waals surface area contributed by atoms with Gasteiger partial charge in [0.2, 0.25) is 0 Å². The highest BCUT2D eigenvalue weighted by Crippen LogP contribution is 2.02. The molecule has 1 unspecified atom stereocenters. The lowest BCUT2D eigenvalue weighted by Crippen LogP contribution is -2.40. The zero-order valence-electron chi connectivity index (χ0n) is 9.43. The van der Waals surface area contributed by atoms with Gasteiger partial charge in [-0.1, -0.05) is 0 Å². The number of carbonyl (C=O) groups is 3. The molecule has 0 radical (unpaired) electrons. The van der Waals surface area contributed by atoms with Crippen LogP contribution in [0.3, 0.4) is 0 Å². The molecule has 8 heteroatoms. The molecule has 0 heterocycles. The summed E-state index contributed by atoms with van der Waals surface area (Å²) in [7, 11) is 1.17. The monoisotopic (exact) mass is 248 g/mol. The van der Waals surface area contributed by atoms with Gasteiger partial charge in [0.15, 0.2) is 0 Å². The van der Waals surface area contributed by atoms with Gasteiger partial charge in [-0.25, -0.2) is 14.4 Å². The highest BCUT2D eigenvalue weighted by molar-refractivity contribution is 5.80. The number of rotatable bonds is 7. The summed E-state index contributed by atoms with van der Waals surface area (Å²) in [5.74, 6) is -0.654. The van der Waals surface area contributed by atoms with E-state index < -0.39 is 24.2 Å². The van der Waals surface area contributed by atoms with Crippen molar-refractivity contribution in [1.29, 1.82) is 0 Å². The first-order chi connectivity index (χ1) is 7.97. The first-order valence-electron chi connectivity index (χ1n) is 5.01. The van der Waals surface area contributed by atoms with E-state index in [1.165, 1.54) is 7.11 Å². The number of hydrogen-bond acceptors (Lipinski definition) is 4. The summed E-state index contributed by atoms with van der Waals surface area (Å²) >= 11 is 0. The molecule has 2 amide bonds. The van der Waals surface area contributed by atoms with Crippen LogP contribution in [-0.4, -0.2) is 48.1 Å². The second-order valence-corrected chi connectivity index (χ2v) is 3.25. The molecular weight excluding hydrogens is 232 g/mol. The van der Waals surface area contributed by atoms with E-state index in [-0.39, 0.29) is 13.0 Å². The molecule has 0 aromatic heterocycles. The first-order valence-corrected chi connectivity index (χ1v) is 5.01. The Morgan fingerprint density at radius 3 is 2.29 bits per heavy atom. The summed E-state index contributed by atoms with van der Waals surface area (Å²) in [5.41, 5.74) is 0. The lowest BCUT2D eigenvalue weighted by atomic mass is 10.1. The topological polar surface area (TPSA) is 125 Å². The zero-order chi connectivity index (χ0) is 13.3. The van der Waals surface area contributed by atoms with E-state index in [1.807, 2.05) is 5.32 Å². The van der Waals surface area contributed by atoms with E-state index in [0.717, 1.165) is 0 Å². The van der Waals surface area contributed by atoms with Gasteiger partial charge in [-0.3, -0.25) is 0 Å². The van der Waals surface area contributed by atoms with Crippen molar-refractivity contribution in [3.63, 3.8) is 0 Å². The predicted octanol–water partition coefficient (Wildman–Crippen LogP) is 0.234. The van der Waals surface area contributed by atoms with Gasteiger partial charge in [-0.05, 0) is 19.3 Å². The summed E-state index contributed by atoms with van der Waals surface area (Å²) in [6, 6.07) is -0.915. The van der Waals surface area contributed by atoms with Crippen LogP contribution < -0.4 is 10.6 Å². The fourth-order valence-electron chi connectivity index (χ4n) is 1.21. The number of nitrogens with one attached hydrogen (secondary N) is 2. The smallest absolute Gasteiger partial charge is 0.405 e. The molecule has 0 aromatic carbocycles. The minimum Gasteiger partial charge on any atom is -0.467 e. The number of carboxylic acid groups (broad SMARTS) is 2. The average Bonchev–Trinajstić information content (AvgIpc) is 2.25. The molecule has 0 aliphatic heterocycles. The maximum atomic E-state index is 11.2. The van der Waals surface area contributed by atoms with Crippen molar-refractivity contribution in [2.24, 2.45) is 0 Å². The summed E-state index contributed by atoms with van der Waals surface area (Å²) in [5, 5.41) is 21.0. The fraction of sp³-hybridized carbons (Fsp3) is 0.667. The third kappa shape index (κ3) is 7.88. The van der Waals surface area contributed by atoms with Crippen LogP contribution in [0.5, 0.6) is 0 Å². The average molecular weight is 248 g/mol. The van der Waals surface area contributed by atoms with Crippen molar-refractivity contribution in [2.75, 3.05) is 13.7 Å². The Bertz CT molecular complexity index is 281. The summed E-state index contributed by atoms with van der Waals surface area (Å²) in [4.78, 5) is 31.7. The fourth-order valence-corrected chi connectivity index (χ4v) is 1.21. The van der Waals surface area contributed by atoms with Crippen molar-refractivity contribution in [3.8, 4) is 0 Å². The van der Waals surface area contributed by atoms with Crippen LogP contribution >= 0.6 is 0 Å². The molecule has 0 spiro atoms. The molecule has 8 nitrogen and oxygen atoms in total. The lowest BCUT2D eigenvalue weighted by Gasteiger charge is -2.13. The number of unbranched alkanes of at least 4 members (excludes halogenated alkanes) is 1. The van der Waals surface area contributed by atoms with E-state index in [0.29, 0.717) is 12.8 Å². The molecule has 1 atom stereocenters. The summed E-state index contributed by atoms with van der Waals surface area (Å²) in [6.07, 6.45) is -1.14. The maximum absolute atomic E-state index is 11.2. The van der Waals surface area contributed by atoms with Crippen LogP contribution in [0.25, 0.3) is 0 Å². The van der Waals surface area contributed by atoms with Crippen LogP contribution in [-0.2, 0) is 9.53 Å². The van der Waals surface area contributed by atoms with E-state index in [4.69, 9.17) is 10.2 Å². The molecule has 4 N–H and O–H groups in total. The van der Waals surface area contributed by atoms with Crippen LogP contribution in [0.15, 0.2) is 0 Å². The number of methoxy groups -OCH3 is 1. The Kier molecular flexibility index (Phi) is 7.24. The Balaban J connectivity index is 3.87. The van der Waals surface area contributed by atoms with E-state index in [1.54, 1.807) is 0 Å². The number of hydrogen-bond donors (Lipinski definition) is 4. The molecule has 0 saturated carbocycles. The maximum Gasteiger partial charge on any atom is 0.405 e. The van der Waals surface area contributed by atoms with Crippen LogP contribution in [0.2, 0.25) is 0 Å². The van der Waals surface area contributed by atoms with Crippen molar-refractivity contribution in [1.82, 2.24) is 10.6 Å². The summed E-state index contributed by atoms with van der Waals surface area (Å²) in [6.45, 7) is 0.260. The molecule has 0 rings (SSSR count). The Labute approximate surface area is 97.9 Å². The number of carbonyl (C=O) groups excluding carboxylic acids is 1. The van der Waals surface area contributed by atoms with Gasteiger partial charge in [0, 0.05) is 6.54 Å². The van der Waals surface area contributed by atoms with Gasteiger partial charge >= 0.3 is 18.2 Å². The second-order valence-electron chi connectivity index (χ2n) is 3.25. The number of amides is 2. The predicted molar refractivity (Wildman–Crippen MR) is 56.8 cm³/mol. The van der Waals surface area contributed by atoms with Crippen LogP contribution in [0, 0.1) is 0 Å².